The Labute approximate surface area is 126 Å². The summed E-state index contributed by atoms with van der Waals surface area (Å²) in [6, 6.07) is 8.71. The molecule has 0 unspecified atom stereocenters. The van der Waals surface area contributed by atoms with Gasteiger partial charge in [0.25, 0.3) is 0 Å². The van der Waals surface area contributed by atoms with Crippen molar-refractivity contribution < 1.29 is 0 Å². The molecule has 2 nitrogen and oxygen atoms in total. The quantitative estimate of drug-likeness (QED) is 0.870. The molecule has 0 atom stereocenters. The van der Waals surface area contributed by atoms with E-state index >= 15 is 0 Å². The highest BCUT2D eigenvalue weighted by molar-refractivity contribution is 7.11. The van der Waals surface area contributed by atoms with E-state index in [4.69, 9.17) is 4.98 Å². The van der Waals surface area contributed by atoms with Crippen LogP contribution < -0.4 is 5.32 Å². The van der Waals surface area contributed by atoms with Crippen molar-refractivity contribution in [3.8, 4) is 0 Å². The van der Waals surface area contributed by atoms with Crippen LogP contribution in [0.2, 0.25) is 0 Å². The normalized spacial score (nSPS) is 11.2. The molecule has 1 N–H and O–H groups in total. The molecule has 0 saturated carbocycles. The van der Waals surface area contributed by atoms with E-state index < -0.39 is 0 Å². The Bertz CT molecular complexity index is 558. The van der Waals surface area contributed by atoms with Crippen molar-refractivity contribution in [2.75, 3.05) is 7.05 Å². The van der Waals surface area contributed by atoms with Crippen LogP contribution in [0.1, 0.15) is 40.6 Å². The number of aromatic nitrogens is 1. The smallest absolute Gasteiger partial charge is 0.0975 e. The van der Waals surface area contributed by atoms with Crippen molar-refractivity contribution in [3.63, 3.8) is 0 Å². The second-order valence-electron chi connectivity index (χ2n) is 5.77. The fraction of sp³-hybridized carbons (Fsp3) is 0.471. The molecule has 0 bridgehead atoms. The monoisotopic (exact) mass is 288 g/mol. The molecular formula is C17H24N2S. The Morgan fingerprint density at radius 3 is 2.75 bits per heavy atom. The second kappa shape index (κ2) is 7.00. The van der Waals surface area contributed by atoms with E-state index in [0.717, 1.165) is 19.4 Å². The number of nitrogens with zero attached hydrogens (tertiary/aromatic N) is 1. The lowest BCUT2D eigenvalue weighted by Gasteiger charge is -2.03. The third kappa shape index (κ3) is 4.15. The summed E-state index contributed by atoms with van der Waals surface area (Å²) in [5.74, 6) is 0.652. The SMILES string of the molecule is CNCc1sc(Cc2cccc(C)c2)nc1CC(C)C. The fourth-order valence-corrected chi connectivity index (χ4v) is 3.50. The molecule has 108 valence electrons. The van der Waals surface area contributed by atoms with Crippen molar-refractivity contribution in [2.45, 2.75) is 40.2 Å². The summed E-state index contributed by atoms with van der Waals surface area (Å²) in [6.07, 6.45) is 2.02. The molecule has 0 radical (unpaired) electrons. The molecule has 3 heteroatoms. The van der Waals surface area contributed by atoms with Gasteiger partial charge in [0.05, 0.1) is 10.7 Å². The van der Waals surface area contributed by atoms with Crippen LogP contribution in [0.3, 0.4) is 0 Å². The van der Waals surface area contributed by atoms with Gasteiger partial charge in [-0.1, -0.05) is 43.7 Å². The number of rotatable bonds is 6. The van der Waals surface area contributed by atoms with Crippen LogP contribution in [0.15, 0.2) is 24.3 Å². The van der Waals surface area contributed by atoms with E-state index in [1.54, 1.807) is 0 Å². The summed E-state index contributed by atoms with van der Waals surface area (Å²) in [5.41, 5.74) is 3.95. The topological polar surface area (TPSA) is 24.9 Å². The van der Waals surface area contributed by atoms with E-state index in [0.29, 0.717) is 5.92 Å². The third-order valence-electron chi connectivity index (χ3n) is 3.20. The molecule has 2 rings (SSSR count). The Hall–Kier alpha value is -1.19. The number of benzene rings is 1. The van der Waals surface area contributed by atoms with Gasteiger partial charge < -0.3 is 5.32 Å². The largest absolute Gasteiger partial charge is 0.315 e. The molecule has 1 aromatic heterocycles. The van der Waals surface area contributed by atoms with Gasteiger partial charge >= 0.3 is 0 Å². The predicted octanol–water partition coefficient (Wildman–Crippen LogP) is 3.96. The highest BCUT2D eigenvalue weighted by atomic mass is 32.1. The summed E-state index contributed by atoms with van der Waals surface area (Å²) in [6.45, 7) is 7.57. The molecular weight excluding hydrogens is 264 g/mol. The van der Waals surface area contributed by atoms with E-state index in [2.05, 4.69) is 50.4 Å². The van der Waals surface area contributed by atoms with Gasteiger partial charge in [-0.3, -0.25) is 0 Å². The van der Waals surface area contributed by atoms with Crippen molar-refractivity contribution in [3.05, 3.63) is 51.0 Å². The highest BCUT2D eigenvalue weighted by Gasteiger charge is 2.12. The molecule has 20 heavy (non-hydrogen) atoms. The first-order valence-corrected chi connectivity index (χ1v) is 8.07. The fourth-order valence-electron chi connectivity index (χ4n) is 2.35. The molecule has 0 fully saturated rings. The predicted molar refractivity (Wildman–Crippen MR) is 87.4 cm³/mol. The highest BCUT2D eigenvalue weighted by Crippen LogP contribution is 2.23. The lowest BCUT2D eigenvalue weighted by Crippen LogP contribution is -2.07. The van der Waals surface area contributed by atoms with Crippen LogP contribution in [-0.2, 0) is 19.4 Å². The number of hydrogen-bond acceptors (Lipinski definition) is 3. The summed E-state index contributed by atoms with van der Waals surface area (Å²) >= 11 is 1.85. The minimum atomic E-state index is 0.652. The van der Waals surface area contributed by atoms with Gasteiger partial charge in [-0.25, -0.2) is 4.98 Å². The summed E-state index contributed by atoms with van der Waals surface area (Å²) in [4.78, 5) is 6.26. The van der Waals surface area contributed by atoms with Crippen molar-refractivity contribution in [1.82, 2.24) is 10.3 Å². The zero-order chi connectivity index (χ0) is 14.5. The maximum absolute atomic E-state index is 4.87. The molecule has 1 aromatic carbocycles. The Balaban J connectivity index is 2.19. The minimum absolute atomic E-state index is 0.652. The molecule has 0 spiro atoms. The third-order valence-corrected chi connectivity index (χ3v) is 4.30. The summed E-state index contributed by atoms with van der Waals surface area (Å²) < 4.78 is 0. The molecule has 0 aliphatic rings. The average molecular weight is 288 g/mol. The molecule has 0 saturated heterocycles. The van der Waals surface area contributed by atoms with Gasteiger partial charge in [0.15, 0.2) is 0 Å². The van der Waals surface area contributed by atoms with Crippen LogP contribution in [0, 0.1) is 12.8 Å². The van der Waals surface area contributed by atoms with Crippen LogP contribution in [0.5, 0.6) is 0 Å². The van der Waals surface area contributed by atoms with E-state index in [-0.39, 0.29) is 0 Å². The lowest BCUT2D eigenvalue weighted by atomic mass is 10.1. The molecule has 0 aliphatic heterocycles. The number of nitrogens with one attached hydrogen (secondary N) is 1. The number of aryl methyl sites for hydroxylation is 1. The Morgan fingerprint density at radius 2 is 2.10 bits per heavy atom. The minimum Gasteiger partial charge on any atom is -0.315 e. The zero-order valence-electron chi connectivity index (χ0n) is 12.9. The number of thiazole rings is 1. The van der Waals surface area contributed by atoms with Gasteiger partial charge in [0.1, 0.15) is 0 Å². The standard InChI is InChI=1S/C17H24N2S/c1-12(2)8-15-16(11-18-4)20-17(19-15)10-14-7-5-6-13(3)9-14/h5-7,9,12,18H,8,10-11H2,1-4H3. The van der Waals surface area contributed by atoms with E-state index in [1.165, 1.54) is 26.7 Å². The first-order valence-electron chi connectivity index (χ1n) is 7.26. The van der Waals surface area contributed by atoms with Gasteiger partial charge in [-0.2, -0.15) is 0 Å². The van der Waals surface area contributed by atoms with Gasteiger partial charge in [-0.05, 0) is 31.9 Å². The van der Waals surface area contributed by atoms with Crippen LogP contribution in [-0.4, -0.2) is 12.0 Å². The van der Waals surface area contributed by atoms with E-state index in [1.807, 2.05) is 18.4 Å². The van der Waals surface area contributed by atoms with Gasteiger partial charge in [0.2, 0.25) is 0 Å². The molecule has 0 amide bonds. The Kier molecular flexibility index (Phi) is 5.32. The van der Waals surface area contributed by atoms with Crippen LogP contribution >= 0.6 is 11.3 Å². The lowest BCUT2D eigenvalue weighted by molar-refractivity contribution is 0.629. The summed E-state index contributed by atoms with van der Waals surface area (Å²) in [7, 11) is 2.00. The first kappa shape index (κ1) is 15.2. The van der Waals surface area contributed by atoms with E-state index in [9.17, 15) is 0 Å². The van der Waals surface area contributed by atoms with Crippen LogP contribution in [0.4, 0.5) is 0 Å². The molecule has 1 heterocycles. The Morgan fingerprint density at radius 1 is 1.30 bits per heavy atom. The average Bonchev–Trinajstić information content (AvgIpc) is 2.71. The second-order valence-corrected chi connectivity index (χ2v) is 6.94. The van der Waals surface area contributed by atoms with Crippen LogP contribution in [0.25, 0.3) is 0 Å². The number of hydrogen-bond donors (Lipinski definition) is 1. The van der Waals surface area contributed by atoms with Crippen molar-refractivity contribution in [1.29, 1.82) is 0 Å². The summed E-state index contributed by atoms with van der Waals surface area (Å²) in [5, 5.41) is 4.49. The maximum atomic E-state index is 4.87. The molecule has 2 aromatic rings. The van der Waals surface area contributed by atoms with Gasteiger partial charge in [-0.15, -0.1) is 11.3 Å². The van der Waals surface area contributed by atoms with Crippen molar-refractivity contribution in [2.24, 2.45) is 5.92 Å². The first-order chi connectivity index (χ1) is 9.58. The maximum Gasteiger partial charge on any atom is 0.0975 e. The van der Waals surface area contributed by atoms with Crippen molar-refractivity contribution >= 4 is 11.3 Å². The molecule has 0 aliphatic carbocycles. The zero-order valence-corrected chi connectivity index (χ0v) is 13.7. The van der Waals surface area contributed by atoms with Gasteiger partial charge in [0, 0.05) is 17.8 Å².